The largest absolute Gasteiger partial charge is 0.455 e. The van der Waals surface area contributed by atoms with Crippen molar-refractivity contribution in [1.82, 2.24) is 0 Å². The molecule has 5 rings (SSSR count). The molecule has 2 N–H and O–H groups in total. The molecular formula is C28H34O8. The SMILES string of the molecule is CC(=O)OC1C(=O)C2(C)C(O)CC3OCC3C2[C@H](OC(=O)c2ccccc2)C2(O)CCC(C)=C1C2C. The lowest BCUT2D eigenvalue weighted by molar-refractivity contribution is -0.267. The zero-order valence-electron chi connectivity index (χ0n) is 21.1. The summed E-state index contributed by atoms with van der Waals surface area (Å²) in [6.07, 6.45) is -2.76. The van der Waals surface area contributed by atoms with Crippen LogP contribution < -0.4 is 0 Å². The Bertz CT molecular complexity index is 1110. The first-order valence-corrected chi connectivity index (χ1v) is 12.7. The van der Waals surface area contributed by atoms with E-state index >= 15 is 0 Å². The summed E-state index contributed by atoms with van der Waals surface area (Å²) in [5.74, 6) is -3.21. The number of hydrogen-bond acceptors (Lipinski definition) is 8. The minimum absolute atomic E-state index is 0.210. The summed E-state index contributed by atoms with van der Waals surface area (Å²) in [5.41, 5.74) is -1.26. The smallest absolute Gasteiger partial charge is 0.338 e. The molecule has 0 radical (unpaired) electrons. The van der Waals surface area contributed by atoms with Crippen LogP contribution in [0.1, 0.15) is 57.3 Å². The number of carbonyl (C=O) groups excluding carboxylic acids is 3. The van der Waals surface area contributed by atoms with Gasteiger partial charge in [0.1, 0.15) is 11.7 Å². The number of carbonyl (C=O) groups is 3. The molecule has 2 bridgehead atoms. The van der Waals surface area contributed by atoms with E-state index in [1.165, 1.54) is 6.92 Å². The van der Waals surface area contributed by atoms with Crippen LogP contribution in [0.3, 0.4) is 0 Å². The zero-order valence-corrected chi connectivity index (χ0v) is 21.1. The van der Waals surface area contributed by atoms with Gasteiger partial charge in [-0.05, 0) is 44.4 Å². The van der Waals surface area contributed by atoms with Crippen LogP contribution in [0.5, 0.6) is 0 Å². The van der Waals surface area contributed by atoms with Crippen LogP contribution in [0, 0.1) is 23.2 Å². The number of fused-ring (bicyclic) bond motifs is 5. The number of ether oxygens (including phenoxy) is 3. The third kappa shape index (κ3) is 3.56. The molecule has 194 valence electrons. The zero-order chi connectivity index (χ0) is 26.0. The van der Waals surface area contributed by atoms with Crippen molar-refractivity contribution in [2.24, 2.45) is 23.2 Å². The molecular weight excluding hydrogens is 464 g/mol. The van der Waals surface area contributed by atoms with Gasteiger partial charge in [-0.1, -0.05) is 30.7 Å². The lowest BCUT2D eigenvalue weighted by Gasteiger charge is -2.62. The van der Waals surface area contributed by atoms with Gasteiger partial charge < -0.3 is 24.4 Å². The van der Waals surface area contributed by atoms with E-state index in [-0.39, 0.29) is 18.4 Å². The highest BCUT2D eigenvalue weighted by molar-refractivity contribution is 5.95. The topological polar surface area (TPSA) is 119 Å². The van der Waals surface area contributed by atoms with Crippen LogP contribution in [0.15, 0.2) is 41.5 Å². The second kappa shape index (κ2) is 8.78. The first kappa shape index (κ1) is 25.1. The van der Waals surface area contributed by atoms with Gasteiger partial charge in [-0.2, -0.15) is 0 Å². The molecule has 3 aliphatic carbocycles. The average Bonchev–Trinajstić information content (AvgIpc) is 2.83. The fourth-order valence-electron chi connectivity index (χ4n) is 7.10. The summed E-state index contributed by atoms with van der Waals surface area (Å²) in [6.45, 7) is 6.90. The van der Waals surface area contributed by atoms with Gasteiger partial charge in [0, 0.05) is 31.1 Å². The van der Waals surface area contributed by atoms with Crippen LogP contribution in [-0.4, -0.2) is 64.6 Å². The van der Waals surface area contributed by atoms with Crippen molar-refractivity contribution in [1.29, 1.82) is 0 Å². The Balaban J connectivity index is 1.70. The number of esters is 2. The van der Waals surface area contributed by atoms with Crippen molar-refractivity contribution in [2.75, 3.05) is 6.61 Å². The van der Waals surface area contributed by atoms with Crippen molar-refractivity contribution >= 4 is 17.7 Å². The quantitative estimate of drug-likeness (QED) is 0.482. The fraction of sp³-hybridized carbons (Fsp3) is 0.607. The van der Waals surface area contributed by atoms with E-state index in [1.807, 2.05) is 6.92 Å². The summed E-state index contributed by atoms with van der Waals surface area (Å²) in [6, 6.07) is 8.53. The van der Waals surface area contributed by atoms with Gasteiger partial charge in [0.25, 0.3) is 0 Å². The Hall–Kier alpha value is -2.55. The summed E-state index contributed by atoms with van der Waals surface area (Å²) >= 11 is 0. The van der Waals surface area contributed by atoms with E-state index in [1.54, 1.807) is 44.2 Å². The molecule has 8 heteroatoms. The summed E-state index contributed by atoms with van der Waals surface area (Å²) in [5, 5.41) is 23.8. The highest BCUT2D eigenvalue weighted by Gasteiger charge is 2.69. The van der Waals surface area contributed by atoms with E-state index in [4.69, 9.17) is 14.2 Å². The first-order valence-electron chi connectivity index (χ1n) is 12.7. The second-order valence-electron chi connectivity index (χ2n) is 11.1. The van der Waals surface area contributed by atoms with E-state index in [2.05, 4.69) is 0 Å². The third-order valence-corrected chi connectivity index (χ3v) is 9.29. The van der Waals surface area contributed by atoms with Gasteiger partial charge in [-0.25, -0.2) is 4.79 Å². The Morgan fingerprint density at radius 3 is 2.47 bits per heavy atom. The monoisotopic (exact) mass is 498 g/mol. The molecule has 4 aliphatic rings. The second-order valence-corrected chi connectivity index (χ2v) is 11.1. The Labute approximate surface area is 210 Å². The van der Waals surface area contributed by atoms with Gasteiger partial charge >= 0.3 is 11.9 Å². The third-order valence-electron chi connectivity index (χ3n) is 9.29. The van der Waals surface area contributed by atoms with E-state index in [0.717, 1.165) is 5.57 Å². The fourth-order valence-corrected chi connectivity index (χ4v) is 7.10. The molecule has 1 saturated heterocycles. The molecule has 1 aliphatic heterocycles. The van der Waals surface area contributed by atoms with Gasteiger partial charge in [0.2, 0.25) is 0 Å². The van der Waals surface area contributed by atoms with Gasteiger partial charge in [-0.3, -0.25) is 9.59 Å². The van der Waals surface area contributed by atoms with Gasteiger partial charge in [-0.15, -0.1) is 0 Å². The average molecular weight is 499 g/mol. The van der Waals surface area contributed by atoms with Crippen molar-refractivity contribution < 1.29 is 38.8 Å². The number of rotatable bonds is 3. The van der Waals surface area contributed by atoms with Crippen molar-refractivity contribution in [3.8, 4) is 0 Å². The van der Waals surface area contributed by atoms with Crippen LogP contribution in [-0.2, 0) is 23.8 Å². The summed E-state index contributed by atoms with van der Waals surface area (Å²) < 4.78 is 17.5. The predicted octanol–water partition coefficient (Wildman–Crippen LogP) is 2.61. The van der Waals surface area contributed by atoms with Crippen LogP contribution in [0.25, 0.3) is 0 Å². The number of hydrogen-bond donors (Lipinski definition) is 2. The molecule has 9 atom stereocenters. The molecule has 8 unspecified atom stereocenters. The maximum Gasteiger partial charge on any atom is 0.338 e. The molecule has 1 aromatic carbocycles. The van der Waals surface area contributed by atoms with E-state index in [0.29, 0.717) is 30.6 Å². The number of benzene rings is 1. The minimum Gasteiger partial charge on any atom is -0.455 e. The van der Waals surface area contributed by atoms with Crippen molar-refractivity contribution in [2.45, 2.75) is 77.0 Å². The van der Waals surface area contributed by atoms with Gasteiger partial charge in [0.05, 0.1) is 29.8 Å². The normalized spacial score (nSPS) is 41.7. The Morgan fingerprint density at radius 1 is 1.17 bits per heavy atom. The molecule has 3 fully saturated rings. The molecule has 8 nitrogen and oxygen atoms in total. The van der Waals surface area contributed by atoms with Crippen LogP contribution in [0.2, 0.25) is 0 Å². The molecule has 1 heterocycles. The molecule has 0 amide bonds. The summed E-state index contributed by atoms with van der Waals surface area (Å²) in [4.78, 5) is 39.8. The minimum atomic E-state index is -1.54. The maximum atomic E-state index is 14.3. The highest BCUT2D eigenvalue weighted by Crippen LogP contribution is 2.59. The summed E-state index contributed by atoms with van der Waals surface area (Å²) in [7, 11) is 0. The lowest BCUT2D eigenvalue weighted by Crippen LogP contribution is -2.72. The van der Waals surface area contributed by atoms with Crippen molar-refractivity contribution in [3.05, 3.63) is 47.0 Å². The van der Waals surface area contributed by atoms with Crippen LogP contribution in [0.4, 0.5) is 0 Å². The highest BCUT2D eigenvalue weighted by atomic mass is 16.6. The van der Waals surface area contributed by atoms with E-state index < -0.39 is 58.9 Å². The molecule has 2 saturated carbocycles. The standard InChI is InChI=1S/C28H34O8/c1-14-10-11-28(33)15(2)21(14)23(35-16(3)29)24(31)27(4)20(30)12-19-18(13-34-19)22(27)25(28)36-26(32)17-8-6-5-7-9-17/h5-9,15,18-20,22-23,25,30,33H,10-13H2,1-4H3/t15?,18?,19?,20?,22?,23?,25-,27?,28?/m0/s1. The molecule has 1 aromatic rings. The maximum absolute atomic E-state index is 14.3. The lowest BCUT2D eigenvalue weighted by atomic mass is 9.49. The van der Waals surface area contributed by atoms with Crippen molar-refractivity contribution in [3.63, 3.8) is 0 Å². The first-order chi connectivity index (χ1) is 17.0. The number of aliphatic hydroxyl groups is 2. The van der Waals surface area contributed by atoms with Crippen LogP contribution >= 0.6 is 0 Å². The Morgan fingerprint density at radius 2 is 1.86 bits per heavy atom. The number of ketones is 1. The number of aliphatic hydroxyl groups excluding tert-OH is 1. The predicted molar refractivity (Wildman–Crippen MR) is 128 cm³/mol. The van der Waals surface area contributed by atoms with Gasteiger partial charge in [0.15, 0.2) is 11.9 Å². The molecule has 0 aromatic heterocycles. The number of Topliss-reactive ketones (excluding diaryl/α,β-unsaturated/α-hetero) is 1. The number of allylic oxidation sites excluding steroid dienone is 1. The molecule has 36 heavy (non-hydrogen) atoms. The Kier molecular flexibility index (Phi) is 6.13. The van der Waals surface area contributed by atoms with E-state index in [9.17, 15) is 24.6 Å². The molecule has 0 spiro atoms.